The summed E-state index contributed by atoms with van der Waals surface area (Å²) >= 11 is 1.38. The Kier molecular flexibility index (Phi) is 2.39. The third-order valence-corrected chi connectivity index (χ3v) is 3.11. The summed E-state index contributed by atoms with van der Waals surface area (Å²) in [5.74, 6) is -1.65. The lowest BCUT2D eigenvalue weighted by atomic mass is 10.3. The van der Waals surface area contributed by atoms with Gasteiger partial charge in [0.1, 0.15) is 6.54 Å². The second kappa shape index (κ2) is 3.60. The second-order valence-corrected chi connectivity index (χ2v) is 4.59. The van der Waals surface area contributed by atoms with E-state index in [-0.39, 0.29) is 12.2 Å². The van der Waals surface area contributed by atoms with Gasteiger partial charge in [-0.05, 0) is 13.0 Å². The Labute approximate surface area is 94.3 Å². The van der Waals surface area contributed by atoms with Crippen LogP contribution in [0, 0.1) is 6.92 Å². The number of hydrogen-bond donors (Lipinski definition) is 2. The van der Waals surface area contributed by atoms with E-state index < -0.39 is 11.9 Å². The van der Waals surface area contributed by atoms with Crippen molar-refractivity contribution >= 4 is 33.4 Å². The molecule has 0 spiro atoms. The van der Waals surface area contributed by atoms with Crippen LogP contribution in [0.1, 0.15) is 15.4 Å². The number of hydrogen-bond acceptors (Lipinski definition) is 4. The first-order valence-corrected chi connectivity index (χ1v) is 5.29. The molecule has 0 saturated carbocycles. The molecule has 3 N–H and O–H groups in total. The topological polar surface area (TPSA) is 98.2 Å². The van der Waals surface area contributed by atoms with Crippen molar-refractivity contribution in [3.8, 4) is 0 Å². The Balaban J connectivity index is 2.65. The molecule has 7 heteroatoms. The average Bonchev–Trinajstić information content (AvgIpc) is 2.64. The summed E-state index contributed by atoms with van der Waals surface area (Å²) in [5.41, 5.74) is 5.95. The number of fused-ring (bicyclic) bond motifs is 1. The van der Waals surface area contributed by atoms with E-state index in [1.807, 2.05) is 6.92 Å². The van der Waals surface area contributed by atoms with Crippen molar-refractivity contribution in [3.05, 3.63) is 16.6 Å². The fourth-order valence-electron chi connectivity index (χ4n) is 1.49. The van der Waals surface area contributed by atoms with Crippen LogP contribution in [0.4, 0.5) is 0 Å². The quantitative estimate of drug-likeness (QED) is 0.818. The van der Waals surface area contributed by atoms with Gasteiger partial charge < -0.3 is 10.8 Å². The summed E-state index contributed by atoms with van der Waals surface area (Å²) in [6, 6.07) is 1.79. The van der Waals surface area contributed by atoms with E-state index in [1.165, 1.54) is 16.0 Å². The predicted molar refractivity (Wildman–Crippen MR) is 58.5 cm³/mol. The molecule has 0 atom stereocenters. The average molecular weight is 239 g/mol. The zero-order valence-electron chi connectivity index (χ0n) is 8.43. The summed E-state index contributed by atoms with van der Waals surface area (Å²) in [6.45, 7) is 1.60. The molecule has 0 aromatic carbocycles. The van der Waals surface area contributed by atoms with Crippen LogP contribution in [0.3, 0.4) is 0 Å². The van der Waals surface area contributed by atoms with Crippen molar-refractivity contribution in [1.29, 1.82) is 0 Å². The van der Waals surface area contributed by atoms with Crippen molar-refractivity contribution in [1.82, 2.24) is 9.78 Å². The molecule has 0 aliphatic carbocycles. The van der Waals surface area contributed by atoms with Gasteiger partial charge in [-0.15, -0.1) is 11.3 Å². The molecule has 6 nitrogen and oxygen atoms in total. The first-order chi connectivity index (χ1) is 7.49. The van der Waals surface area contributed by atoms with Gasteiger partial charge in [0.2, 0.25) is 0 Å². The standard InChI is InChI=1S/C9H9N3O3S/c1-4-2-5-8(16-4)7(9(10)15)11-12(5)3-6(13)14/h2H,3H2,1H3,(H2,10,15)(H,13,14). The minimum atomic E-state index is -1.01. The Morgan fingerprint density at radius 3 is 2.88 bits per heavy atom. The van der Waals surface area contributed by atoms with Crippen molar-refractivity contribution in [2.75, 3.05) is 0 Å². The van der Waals surface area contributed by atoms with E-state index in [1.54, 1.807) is 6.07 Å². The maximum absolute atomic E-state index is 11.1. The van der Waals surface area contributed by atoms with Gasteiger partial charge in [-0.3, -0.25) is 14.3 Å². The number of primary amides is 1. The normalized spacial score (nSPS) is 10.8. The van der Waals surface area contributed by atoms with Gasteiger partial charge in [0, 0.05) is 4.88 Å². The predicted octanol–water partition coefficient (Wildman–Crippen LogP) is 0.590. The maximum Gasteiger partial charge on any atom is 0.325 e. The van der Waals surface area contributed by atoms with Gasteiger partial charge in [-0.2, -0.15) is 5.10 Å². The lowest BCUT2D eigenvalue weighted by Crippen LogP contribution is -2.14. The summed E-state index contributed by atoms with van der Waals surface area (Å²) in [4.78, 5) is 22.7. The summed E-state index contributed by atoms with van der Waals surface area (Å²) in [6.07, 6.45) is 0. The molecule has 84 valence electrons. The number of carboxylic acids is 1. The fraction of sp³-hybridized carbons (Fsp3) is 0.222. The number of rotatable bonds is 3. The van der Waals surface area contributed by atoms with E-state index in [0.29, 0.717) is 10.2 Å². The molecule has 0 radical (unpaired) electrons. The number of nitrogens with two attached hydrogens (primary N) is 1. The highest BCUT2D eigenvalue weighted by Crippen LogP contribution is 2.28. The molecule has 2 aromatic rings. The van der Waals surface area contributed by atoms with Gasteiger partial charge in [-0.1, -0.05) is 0 Å². The molecule has 16 heavy (non-hydrogen) atoms. The Hall–Kier alpha value is -1.89. The van der Waals surface area contributed by atoms with Crippen LogP contribution in [-0.2, 0) is 11.3 Å². The Morgan fingerprint density at radius 2 is 2.31 bits per heavy atom. The monoisotopic (exact) mass is 239 g/mol. The number of aromatic nitrogens is 2. The zero-order chi connectivity index (χ0) is 11.9. The molecule has 0 bridgehead atoms. The van der Waals surface area contributed by atoms with Gasteiger partial charge in [0.15, 0.2) is 5.69 Å². The first-order valence-electron chi connectivity index (χ1n) is 4.47. The zero-order valence-corrected chi connectivity index (χ0v) is 9.24. The molecular weight excluding hydrogens is 230 g/mol. The van der Waals surface area contributed by atoms with E-state index in [4.69, 9.17) is 10.8 Å². The largest absolute Gasteiger partial charge is 0.480 e. The van der Waals surface area contributed by atoms with Crippen LogP contribution in [-0.4, -0.2) is 26.8 Å². The smallest absolute Gasteiger partial charge is 0.325 e. The second-order valence-electron chi connectivity index (χ2n) is 3.34. The number of carboxylic acid groups (broad SMARTS) is 1. The number of carbonyl (C=O) groups excluding carboxylic acids is 1. The van der Waals surface area contributed by atoms with Gasteiger partial charge in [0.25, 0.3) is 5.91 Å². The summed E-state index contributed by atoms with van der Waals surface area (Å²) < 4.78 is 1.92. The molecule has 0 saturated heterocycles. The number of aliphatic carboxylic acids is 1. The molecule has 1 amide bonds. The van der Waals surface area contributed by atoms with Crippen LogP contribution in [0.2, 0.25) is 0 Å². The van der Waals surface area contributed by atoms with Gasteiger partial charge >= 0.3 is 5.97 Å². The molecule has 0 unspecified atom stereocenters. The van der Waals surface area contributed by atoms with Gasteiger partial charge in [-0.25, -0.2) is 0 Å². The molecule has 0 fully saturated rings. The number of carbonyl (C=O) groups is 2. The third-order valence-electron chi connectivity index (χ3n) is 2.07. The summed E-state index contributed by atoms with van der Waals surface area (Å²) in [5, 5.41) is 12.6. The van der Waals surface area contributed by atoms with Crippen LogP contribution >= 0.6 is 11.3 Å². The van der Waals surface area contributed by atoms with E-state index in [9.17, 15) is 9.59 Å². The number of nitrogens with zero attached hydrogens (tertiary/aromatic N) is 2. The lowest BCUT2D eigenvalue weighted by molar-refractivity contribution is -0.137. The lowest BCUT2D eigenvalue weighted by Gasteiger charge is -1.95. The number of thiophene rings is 1. The molecule has 2 aromatic heterocycles. The number of amides is 1. The van der Waals surface area contributed by atoms with Crippen molar-refractivity contribution in [2.24, 2.45) is 5.73 Å². The highest BCUT2D eigenvalue weighted by atomic mass is 32.1. The molecule has 0 aliphatic heterocycles. The van der Waals surface area contributed by atoms with Crippen molar-refractivity contribution < 1.29 is 14.7 Å². The molecule has 0 aliphatic rings. The van der Waals surface area contributed by atoms with Crippen LogP contribution in [0.15, 0.2) is 6.07 Å². The van der Waals surface area contributed by atoms with Crippen LogP contribution in [0.5, 0.6) is 0 Å². The highest BCUT2D eigenvalue weighted by Gasteiger charge is 2.18. The third kappa shape index (κ3) is 1.65. The van der Waals surface area contributed by atoms with Crippen LogP contribution in [0.25, 0.3) is 10.2 Å². The molecule has 2 rings (SSSR count). The van der Waals surface area contributed by atoms with Crippen LogP contribution < -0.4 is 5.73 Å². The van der Waals surface area contributed by atoms with Crippen molar-refractivity contribution in [2.45, 2.75) is 13.5 Å². The molecule has 2 heterocycles. The Bertz CT molecular complexity index is 584. The SMILES string of the molecule is Cc1cc2c(s1)c(C(N)=O)nn2CC(=O)O. The maximum atomic E-state index is 11.1. The first kappa shape index (κ1) is 10.6. The highest BCUT2D eigenvalue weighted by molar-refractivity contribution is 7.19. The fourth-order valence-corrected chi connectivity index (χ4v) is 2.49. The van der Waals surface area contributed by atoms with Gasteiger partial charge in [0.05, 0.1) is 10.2 Å². The number of aryl methyl sites for hydroxylation is 1. The van der Waals surface area contributed by atoms with E-state index in [0.717, 1.165) is 4.88 Å². The van der Waals surface area contributed by atoms with E-state index in [2.05, 4.69) is 5.10 Å². The Morgan fingerprint density at radius 1 is 1.62 bits per heavy atom. The minimum absolute atomic E-state index is 0.134. The van der Waals surface area contributed by atoms with Crippen molar-refractivity contribution in [3.63, 3.8) is 0 Å². The molecular formula is C9H9N3O3S. The minimum Gasteiger partial charge on any atom is -0.480 e. The van der Waals surface area contributed by atoms with E-state index >= 15 is 0 Å². The summed E-state index contributed by atoms with van der Waals surface area (Å²) in [7, 11) is 0.